The molecule has 9 heteroatoms. The number of nitrogens with zero attached hydrogens (tertiary/aromatic N) is 5. The molecule has 2 aliphatic rings. The Morgan fingerprint density at radius 3 is 2.69 bits per heavy atom. The van der Waals surface area contributed by atoms with Crippen LogP contribution in [-0.2, 0) is 12.8 Å². The second-order valence-electron chi connectivity index (χ2n) is 10.5. The van der Waals surface area contributed by atoms with Crippen molar-refractivity contribution in [1.82, 2.24) is 24.3 Å². The molecule has 1 aliphatic carbocycles. The van der Waals surface area contributed by atoms with Crippen LogP contribution in [0.25, 0.3) is 5.69 Å². The summed E-state index contributed by atoms with van der Waals surface area (Å²) in [5.41, 5.74) is 4.29. The number of benzene rings is 2. The Labute approximate surface area is 232 Å². The van der Waals surface area contributed by atoms with Crippen molar-refractivity contribution in [1.29, 1.82) is 0 Å². The van der Waals surface area contributed by atoms with E-state index in [4.69, 9.17) is 4.98 Å². The summed E-state index contributed by atoms with van der Waals surface area (Å²) in [5, 5.41) is 3.68. The van der Waals surface area contributed by atoms with Gasteiger partial charge < -0.3 is 14.4 Å². The van der Waals surface area contributed by atoms with Crippen LogP contribution in [0.1, 0.15) is 62.2 Å². The maximum absolute atomic E-state index is 13.5. The largest absolute Gasteiger partial charge is 0.332 e. The summed E-state index contributed by atoms with van der Waals surface area (Å²) in [6.07, 6.45) is 10.1. The average molecular weight is 541 g/mol. The third kappa shape index (κ3) is 5.24. The number of likely N-dealkylation sites (N-methyl/N-ethyl adjacent to an activating group) is 1. The summed E-state index contributed by atoms with van der Waals surface area (Å²) >= 11 is 1.58. The van der Waals surface area contributed by atoms with Crippen molar-refractivity contribution in [2.75, 3.05) is 26.0 Å². The van der Waals surface area contributed by atoms with E-state index in [9.17, 15) is 9.59 Å². The lowest BCUT2D eigenvalue weighted by molar-refractivity contribution is 0.0735. The van der Waals surface area contributed by atoms with E-state index in [0.29, 0.717) is 28.8 Å². The highest BCUT2D eigenvalue weighted by molar-refractivity contribution is 7.15. The van der Waals surface area contributed by atoms with E-state index in [1.54, 1.807) is 23.9 Å². The van der Waals surface area contributed by atoms with Crippen molar-refractivity contribution in [3.05, 3.63) is 94.5 Å². The van der Waals surface area contributed by atoms with Crippen molar-refractivity contribution in [3.63, 3.8) is 0 Å². The zero-order valence-corrected chi connectivity index (χ0v) is 23.0. The topological polar surface area (TPSA) is 83.4 Å². The minimum atomic E-state index is -0.168. The molecule has 1 saturated heterocycles. The number of fused-ring (bicyclic) bond motifs is 1. The molecule has 0 saturated carbocycles. The molecule has 1 aliphatic heterocycles. The first-order chi connectivity index (χ1) is 19.0. The molecule has 3 heterocycles. The normalized spacial score (nSPS) is 18.8. The van der Waals surface area contributed by atoms with Gasteiger partial charge in [-0.1, -0.05) is 12.1 Å². The first-order valence-corrected chi connectivity index (χ1v) is 14.2. The van der Waals surface area contributed by atoms with E-state index in [2.05, 4.69) is 29.3 Å². The molecule has 2 aromatic carbocycles. The van der Waals surface area contributed by atoms with Gasteiger partial charge >= 0.3 is 0 Å². The Kier molecular flexibility index (Phi) is 7.01. The Balaban J connectivity index is 1.15. The smallest absolute Gasteiger partial charge is 0.257 e. The van der Waals surface area contributed by atoms with Gasteiger partial charge in [0.1, 0.15) is 0 Å². The Hall–Kier alpha value is -3.82. The molecule has 2 aromatic heterocycles. The van der Waals surface area contributed by atoms with Gasteiger partial charge in [0.25, 0.3) is 11.8 Å². The van der Waals surface area contributed by atoms with Gasteiger partial charge in [-0.3, -0.25) is 14.9 Å². The van der Waals surface area contributed by atoms with Gasteiger partial charge in [0.05, 0.1) is 18.1 Å². The number of carbonyl (C=O) groups excluding carboxylic acids is 2. The van der Waals surface area contributed by atoms with Gasteiger partial charge in [0.15, 0.2) is 5.13 Å². The molecule has 1 N–H and O–H groups in total. The standard InChI is InChI=1S/C30H32N6O2S/c1-34(2)24-12-13-25-27(18-24)39-30(32-25)33-28(37)22-6-3-5-21(17-22)26-7-4-15-36(26)29(38)20-8-10-23(11-9-20)35-16-14-31-19-35/h3,5-6,8-11,14,16-17,19,24,26H,4,7,12-13,15,18H2,1-2H3,(H,32,33,37)/t24-,26+/m0/s1. The van der Waals surface area contributed by atoms with E-state index in [-0.39, 0.29) is 17.9 Å². The minimum absolute atomic E-state index is 0.00827. The zero-order valence-electron chi connectivity index (χ0n) is 22.2. The second kappa shape index (κ2) is 10.7. The van der Waals surface area contributed by atoms with Crippen LogP contribution >= 0.6 is 11.3 Å². The Morgan fingerprint density at radius 2 is 1.92 bits per heavy atom. The molecule has 39 heavy (non-hydrogen) atoms. The highest BCUT2D eigenvalue weighted by Gasteiger charge is 2.31. The fraction of sp³-hybridized carbons (Fsp3) is 0.333. The van der Waals surface area contributed by atoms with Gasteiger partial charge in [-0.05, 0) is 88.2 Å². The summed E-state index contributed by atoms with van der Waals surface area (Å²) < 4.78 is 1.91. The number of imidazole rings is 1. The number of anilines is 1. The maximum atomic E-state index is 13.5. The van der Waals surface area contributed by atoms with E-state index in [1.165, 1.54) is 4.88 Å². The van der Waals surface area contributed by atoms with E-state index >= 15 is 0 Å². The van der Waals surface area contributed by atoms with Crippen molar-refractivity contribution < 1.29 is 9.59 Å². The highest BCUT2D eigenvalue weighted by atomic mass is 32.1. The molecule has 0 spiro atoms. The van der Waals surface area contributed by atoms with Crippen molar-refractivity contribution >= 4 is 28.3 Å². The Bertz CT molecular complexity index is 1480. The average Bonchev–Trinajstić information content (AvgIpc) is 3.73. The van der Waals surface area contributed by atoms with Gasteiger partial charge in [0, 0.05) is 46.7 Å². The summed E-state index contributed by atoms with van der Waals surface area (Å²) in [6.45, 7) is 0.696. The number of thiazole rings is 1. The highest BCUT2D eigenvalue weighted by Crippen LogP contribution is 2.34. The van der Waals surface area contributed by atoms with Crippen molar-refractivity contribution in [3.8, 4) is 5.69 Å². The second-order valence-corrected chi connectivity index (χ2v) is 11.6. The third-order valence-electron chi connectivity index (χ3n) is 7.83. The molecule has 0 radical (unpaired) electrons. The fourth-order valence-electron chi connectivity index (χ4n) is 5.62. The SMILES string of the molecule is CN(C)[C@H]1CCc2nc(NC(=O)c3cccc([C@H]4CCCN4C(=O)c4ccc(-n5ccnc5)cc4)c3)sc2C1. The van der Waals surface area contributed by atoms with Crippen LogP contribution in [0.4, 0.5) is 5.13 Å². The lowest BCUT2D eigenvalue weighted by atomic mass is 9.97. The van der Waals surface area contributed by atoms with Crippen LogP contribution in [0.2, 0.25) is 0 Å². The van der Waals surface area contributed by atoms with E-state index in [0.717, 1.165) is 49.0 Å². The van der Waals surface area contributed by atoms with Crippen LogP contribution in [0.3, 0.4) is 0 Å². The number of aromatic nitrogens is 3. The lowest BCUT2D eigenvalue weighted by Gasteiger charge is -2.27. The van der Waals surface area contributed by atoms with E-state index < -0.39 is 0 Å². The third-order valence-corrected chi connectivity index (χ3v) is 8.86. The number of hydrogen-bond acceptors (Lipinski definition) is 6. The van der Waals surface area contributed by atoms with Crippen LogP contribution in [0.5, 0.6) is 0 Å². The van der Waals surface area contributed by atoms with Crippen LogP contribution < -0.4 is 5.32 Å². The molecule has 2 atom stereocenters. The predicted octanol–water partition coefficient (Wildman–Crippen LogP) is 4.98. The van der Waals surface area contributed by atoms with Crippen LogP contribution in [-0.4, -0.2) is 62.8 Å². The minimum Gasteiger partial charge on any atom is -0.332 e. The lowest BCUT2D eigenvalue weighted by Crippen LogP contribution is -2.32. The molecule has 2 amide bonds. The molecule has 4 aromatic rings. The molecule has 8 nitrogen and oxygen atoms in total. The van der Waals surface area contributed by atoms with Crippen molar-refractivity contribution in [2.24, 2.45) is 0 Å². The van der Waals surface area contributed by atoms with E-state index in [1.807, 2.05) is 64.2 Å². The number of aryl methyl sites for hydroxylation is 1. The maximum Gasteiger partial charge on any atom is 0.257 e. The molecule has 1 fully saturated rings. The molecule has 200 valence electrons. The molecule has 6 rings (SSSR count). The first kappa shape index (κ1) is 25.5. The van der Waals surface area contributed by atoms with Crippen LogP contribution in [0, 0.1) is 0 Å². The number of nitrogens with one attached hydrogen (secondary N) is 1. The fourth-order valence-corrected chi connectivity index (χ4v) is 6.69. The number of carbonyl (C=O) groups is 2. The quantitative estimate of drug-likeness (QED) is 0.373. The summed E-state index contributed by atoms with van der Waals surface area (Å²) in [7, 11) is 4.23. The molecule has 0 unspecified atom stereocenters. The Morgan fingerprint density at radius 1 is 1.08 bits per heavy atom. The zero-order chi connectivity index (χ0) is 26.9. The summed E-state index contributed by atoms with van der Waals surface area (Å²) in [6, 6.07) is 15.7. The molecule has 0 bridgehead atoms. The number of likely N-dealkylation sites (tertiary alicyclic amines) is 1. The van der Waals surface area contributed by atoms with Gasteiger partial charge in [0.2, 0.25) is 0 Å². The van der Waals surface area contributed by atoms with Crippen LogP contribution in [0.15, 0.2) is 67.3 Å². The number of amides is 2. The summed E-state index contributed by atoms with van der Waals surface area (Å²) in [5.74, 6) is -0.160. The van der Waals surface area contributed by atoms with Gasteiger partial charge in [-0.2, -0.15) is 0 Å². The summed E-state index contributed by atoms with van der Waals surface area (Å²) in [4.78, 5) is 40.9. The molecular formula is C30H32N6O2S. The molecular weight excluding hydrogens is 508 g/mol. The van der Waals surface area contributed by atoms with Crippen molar-refractivity contribution in [2.45, 2.75) is 44.2 Å². The number of hydrogen-bond donors (Lipinski definition) is 1. The number of rotatable bonds is 6. The van der Waals surface area contributed by atoms with Gasteiger partial charge in [-0.25, -0.2) is 9.97 Å². The monoisotopic (exact) mass is 540 g/mol. The first-order valence-electron chi connectivity index (χ1n) is 13.4. The van der Waals surface area contributed by atoms with Gasteiger partial charge in [-0.15, -0.1) is 11.3 Å². The predicted molar refractivity (Wildman–Crippen MR) is 153 cm³/mol.